The molecule has 0 amide bonds. The molecule has 1 N–H and O–H groups in total. The molecule has 0 spiro atoms. The number of hydrogen-bond acceptors (Lipinski definition) is 6. The summed E-state index contributed by atoms with van der Waals surface area (Å²) in [6.07, 6.45) is 1.41. The molecule has 0 atom stereocenters. The first-order chi connectivity index (χ1) is 15.9. The van der Waals surface area contributed by atoms with Gasteiger partial charge in [-0.25, -0.2) is 12.8 Å². The fourth-order valence-electron chi connectivity index (χ4n) is 3.68. The summed E-state index contributed by atoms with van der Waals surface area (Å²) in [7, 11) is -3.69. The van der Waals surface area contributed by atoms with Crippen molar-refractivity contribution in [2.75, 3.05) is 31.1 Å². The van der Waals surface area contributed by atoms with Gasteiger partial charge >= 0.3 is 0 Å². The lowest BCUT2D eigenvalue weighted by molar-refractivity contribution is 0.385. The molecule has 11 heteroatoms. The summed E-state index contributed by atoms with van der Waals surface area (Å²) in [5.74, 6) is -0.0163. The van der Waals surface area contributed by atoms with Crippen LogP contribution < -0.4 is 4.90 Å². The van der Waals surface area contributed by atoms with E-state index >= 15 is 0 Å². The first-order valence-electron chi connectivity index (χ1n) is 10.2. The molecule has 2 aromatic heterocycles. The summed E-state index contributed by atoms with van der Waals surface area (Å²) in [4.78, 5) is 5.15. The number of aromatic amines is 1. The van der Waals surface area contributed by atoms with E-state index in [4.69, 9.17) is 16.0 Å². The molecule has 2 aromatic carbocycles. The highest BCUT2D eigenvalue weighted by Crippen LogP contribution is 2.27. The first kappa shape index (κ1) is 21.6. The number of piperazine rings is 1. The third-order valence-electron chi connectivity index (χ3n) is 5.47. The molecule has 170 valence electrons. The van der Waals surface area contributed by atoms with E-state index in [0.717, 1.165) is 5.69 Å². The van der Waals surface area contributed by atoms with Gasteiger partial charge in [-0.2, -0.15) is 4.31 Å². The Morgan fingerprint density at radius 2 is 1.61 bits per heavy atom. The standard InChI is InChI=1S/C22H19ClFN5O3S/c23-16-3-7-18(8-4-16)28-9-11-29(12-10-28)33(30,31)19-13-20(25-14-19)22-27-26-21(32-22)15-1-5-17(24)6-2-15/h1-8,13-14,25H,9-12H2. The maximum absolute atomic E-state index is 13.1. The van der Waals surface area contributed by atoms with E-state index in [9.17, 15) is 12.8 Å². The number of aromatic nitrogens is 3. The van der Waals surface area contributed by atoms with Gasteiger partial charge in [0.05, 0.1) is 0 Å². The second kappa shape index (κ2) is 8.62. The van der Waals surface area contributed by atoms with Gasteiger partial charge in [-0.3, -0.25) is 0 Å². The second-order valence-electron chi connectivity index (χ2n) is 7.54. The van der Waals surface area contributed by atoms with Crippen LogP contribution in [0, 0.1) is 5.82 Å². The Morgan fingerprint density at radius 1 is 0.939 bits per heavy atom. The van der Waals surface area contributed by atoms with E-state index < -0.39 is 10.0 Å². The number of anilines is 1. The number of nitrogens with one attached hydrogen (secondary N) is 1. The fourth-order valence-corrected chi connectivity index (χ4v) is 5.22. The van der Waals surface area contributed by atoms with Crippen LogP contribution in [0.2, 0.25) is 5.02 Å². The van der Waals surface area contributed by atoms with Crippen molar-refractivity contribution in [1.82, 2.24) is 19.5 Å². The highest BCUT2D eigenvalue weighted by atomic mass is 35.5. The average molecular weight is 488 g/mol. The molecule has 1 fully saturated rings. The van der Waals surface area contributed by atoms with Gasteiger partial charge in [-0.05, 0) is 54.6 Å². The maximum atomic E-state index is 13.1. The Morgan fingerprint density at radius 3 is 2.30 bits per heavy atom. The van der Waals surface area contributed by atoms with Crippen LogP contribution in [0.1, 0.15) is 0 Å². The minimum atomic E-state index is -3.69. The molecule has 1 aliphatic rings. The number of benzene rings is 2. The smallest absolute Gasteiger partial charge is 0.264 e. The molecule has 33 heavy (non-hydrogen) atoms. The molecule has 0 saturated carbocycles. The van der Waals surface area contributed by atoms with Gasteiger partial charge in [0.25, 0.3) is 5.89 Å². The van der Waals surface area contributed by atoms with Crippen LogP contribution in [0.3, 0.4) is 0 Å². The van der Waals surface area contributed by atoms with Crippen LogP contribution in [0.25, 0.3) is 23.0 Å². The highest BCUT2D eigenvalue weighted by Gasteiger charge is 2.30. The van der Waals surface area contributed by atoms with Crippen molar-refractivity contribution in [1.29, 1.82) is 0 Å². The number of hydrogen-bond donors (Lipinski definition) is 1. The summed E-state index contributed by atoms with van der Waals surface area (Å²) < 4.78 is 46.5. The molecule has 0 aliphatic carbocycles. The van der Waals surface area contributed by atoms with Crippen molar-refractivity contribution in [3.05, 3.63) is 71.6 Å². The lowest BCUT2D eigenvalue weighted by atomic mass is 10.2. The summed E-state index contributed by atoms with van der Waals surface area (Å²) in [6.45, 7) is 1.87. The van der Waals surface area contributed by atoms with E-state index in [-0.39, 0.29) is 22.5 Å². The monoisotopic (exact) mass is 487 g/mol. The Kier molecular flexibility index (Phi) is 5.65. The number of H-pyrrole nitrogens is 1. The van der Waals surface area contributed by atoms with E-state index in [1.807, 2.05) is 24.3 Å². The van der Waals surface area contributed by atoms with Crippen LogP contribution in [-0.4, -0.2) is 54.1 Å². The predicted molar refractivity (Wildman–Crippen MR) is 122 cm³/mol. The van der Waals surface area contributed by atoms with Gasteiger partial charge in [-0.15, -0.1) is 10.2 Å². The zero-order chi connectivity index (χ0) is 23.0. The second-order valence-corrected chi connectivity index (χ2v) is 9.91. The average Bonchev–Trinajstić information content (AvgIpc) is 3.51. The largest absolute Gasteiger partial charge is 0.415 e. The number of nitrogens with zero attached hydrogens (tertiary/aromatic N) is 4. The van der Waals surface area contributed by atoms with Gasteiger partial charge in [0.15, 0.2) is 0 Å². The third kappa shape index (κ3) is 4.37. The van der Waals surface area contributed by atoms with Gasteiger partial charge in [0, 0.05) is 48.6 Å². The van der Waals surface area contributed by atoms with Crippen molar-refractivity contribution in [3.63, 3.8) is 0 Å². The lowest BCUT2D eigenvalue weighted by Crippen LogP contribution is -2.48. The third-order valence-corrected chi connectivity index (χ3v) is 7.60. The molecule has 1 aliphatic heterocycles. The Balaban J connectivity index is 1.29. The summed E-state index contributed by atoms with van der Waals surface area (Å²) in [5.41, 5.74) is 1.95. The molecule has 8 nitrogen and oxygen atoms in total. The Labute approximate surface area is 194 Å². The molecule has 4 aromatic rings. The summed E-state index contributed by atoms with van der Waals surface area (Å²) in [6, 6.07) is 14.6. The highest BCUT2D eigenvalue weighted by molar-refractivity contribution is 7.89. The van der Waals surface area contributed by atoms with Crippen LogP contribution in [-0.2, 0) is 10.0 Å². The molecular weight excluding hydrogens is 469 g/mol. The molecular formula is C22H19ClFN5O3S. The molecule has 0 radical (unpaired) electrons. The van der Waals surface area contributed by atoms with Crippen molar-refractivity contribution in [2.24, 2.45) is 0 Å². The van der Waals surface area contributed by atoms with Crippen molar-refractivity contribution >= 4 is 27.3 Å². The number of halogens is 2. The predicted octanol–water partition coefficient (Wildman–Crippen LogP) is 4.04. The van der Waals surface area contributed by atoms with E-state index in [0.29, 0.717) is 42.5 Å². The van der Waals surface area contributed by atoms with E-state index in [2.05, 4.69) is 20.1 Å². The molecule has 1 saturated heterocycles. The normalized spacial score (nSPS) is 15.2. The van der Waals surface area contributed by atoms with Crippen molar-refractivity contribution in [3.8, 4) is 23.0 Å². The van der Waals surface area contributed by atoms with Crippen LogP contribution in [0.15, 0.2) is 70.1 Å². The summed E-state index contributed by atoms with van der Waals surface area (Å²) in [5, 5.41) is 8.60. The van der Waals surface area contributed by atoms with Gasteiger partial charge in [-0.1, -0.05) is 11.6 Å². The minimum Gasteiger partial charge on any atom is -0.415 e. The molecule has 0 bridgehead atoms. The van der Waals surface area contributed by atoms with Crippen LogP contribution in [0.5, 0.6) is 0 Å². The summed E-state index contributed by atoms with van der Waals surface area (Å²) >= 11 is 5.95. The van der Waals surface area contributed by atoms with Gasteiger partial charge in [0.1, 0.15) is 16.4 Å². The molecule has 0 unspecified atom stereocenters. The fraction of sp³-hybridized carbons (Fsp3) is 0.182. The first-order valence-corrected chi connectivity index (χ1v) is 12.0. The van der Waals surface area contributed by atoms with Gasteiger partial charge < -0.3 is 14.3 Å². The quantitative estimate of drug-likeness (QED) is 0.456. The maximum Gasteiger partial charge on any atom is 0.264 e. The van der Waals surface area contributed by atoms with E-state index in [1.54, 1.807) is 0 Å². The SMILES string of the molecule is O=S(=O)(c1c[nH]c(-c2nnc(-c3ccc(F)cc3)o2)c1)N1CCN(c2ccc(Cl)cc2)CC1. The topological polar surface area (TPSA) is 95.3 Å². The van der Waals surface area contributed by atoms with Crippen molar-refractivity contribution < 1.29 is 17.2 Å². The number of rotatable bonds is 5. The molecule has 3 heterocycles. The van der Waals surface area contributed by atoms with Gasteiger partial charge in [0.2, 0.25) is 15.9 Å². The minimum absolute atomic E-state index is 0.124. The van der Waals surface area contributed by atoms with Crippen LogP contribution in [0.4, 0.5) is 10.1 Å². The van der Waals surface area contributed by atoms with Crippen molar-refractivity contribution in [2.45, 2.75) is 4.90 Å². The Bertz CT molecular complexity index is 1360. The number of sulfonamides is 1. The zero-order valence-electron chi connectivity index (χ0n) is 17.3. The molecule has 5 rings (SSSR count). The Hall–Kier alpha value is -3.21. The lowest BCUT2D eigenvalue weighted by Gasteiger charge is -2.35. The van der Waals surface area contributed by atoms with Crippen LogP contribution >= 0.6 is 11.6 Å². The zero-order valence-corrected chi connectivity index (χ0v) is 18.9. The van der Waals surface area contributed by atoms with E-state index in [1.165, 1.54) is 40.8 Å².